The van der Waals surface area contributed by atoms with E-state index in [9.17, 15) is 4.79 Å². The Labute approximate surface area is 101 Å². The van der Waals surface area contributed by atoms with Crippen LogP contribution in [0.25, 0.3) is 0 Å². The van der Waals surface area contributed by atoms with Gasteiger partial charge in [-0.25, -0.2) is 4.79 Å². The van der Waals surface area contributed by atoms with Crippen LogP contribution in [-0.4, -0.2) is 12.6 Å². The molecule has 0 saturated heterocycles. The fourth-order valence-corrected chi connectivity index (χ4v) is 1.87. The van der Waals surface area contributed by atoms with Gasteiger partial charge in [0.05, 0.1) is 0 Å². The van der Waals surface area contributed by atoms with Crippen molar-refractivity contribution in [1.82, 2.24) is 16.0 Å². The molecule has 1 aliphatic heterocycles. The molecule has 0 spiro atoms. The topological polar surface area (TPSA) is 53.2 Å². The molecule has 0 unspecified atom stereocenters. The molecule has 17 heavy (non-hydrogen) atoms. The van der Waals surface area contributed by atoms with Gasteiger partial charge in [0.15, 0.2) is 0 Å². The highest BCUT2D eigenvalue weighted by molar-refractivity contribution is 5.73. The summed E-state index contributed by atoms with van der Waals surface area (Å²) in [6.45, 7) is 6.45. The first-order chi connectivity index (χ1) is 8.29. The Kier molecular flexibility index (Phi) is 3.77. The van der Waals surface area contributed by atoms with E-state index >= 15 is 0 Å². The number of carbonyl (C=O) groups excluding carboxylic acids is 1. The Bertz CT molecular complexity index is 429. The fourth-order valence-electron chi connectivity index (χ4n) is 1.87. The van der Waals surface area contributed by atoms with Crippen LogP contribution in [0.4, 0.5) is 4.79 Å². The first-order valence-corrected chi connectivity index (χ1v) is 5.73. The Balaban J connectivity index is 1.87. The first kappa shape index (κ1) is 11.7. The molecule has 0 saturated carbocycles. The molecule has 0 radical (unpaired) electrons. The zero-order valence-corrected chi connectivity index (χ0v) is 9.75. The molecule has 3 N–H and O–H groups in total. The molecule has 2 amide bonds. The van der Waals surface area contributed by atoms with Crippen LogP contribution in [0.3, 0.4) is 0 Å². The van der Waals surface area contributed by atoms with Gasteiger partial charge in [-0.15, -0.1) is 6.58 Å². The minimum atomic E-state index is -0.163. The molecular weight excluding hydrogens is 214 g/mol. The summed E-state index contributed by atoms with van der Waals surface area (Å²) in [6.07, 6.45) is 1.65. The van der Waals surface area contributed by atoms with Crippen LogP contribution in [0, 0.1) is 0 Å². The number of benzene rings is 1. The van der Waals surface area contributed by atoms with Gasteiger partial charge < -0.3 is 16.0 Å². The fraction of sp³-hybridized carbons (Fsp3) is 0.308. The average Bonchev–Trinajstić information content (AvgIpc) is 2.81. The molecule has 0 aliphatic carbocycles. The van der Waals surface area contributed by atoms with Crippen molar-refractivity contribution in [3.63, 3.8) is 0 Å². The van der Waals surface area contributed by atoms with E-state index in [0.717, 1.165) is 18.7 Å². The van der Waals surface area contributed by atoms with Crippen molar-refractivity contribution in [2.24, 2.45) is 0 Å². The van der Waals surface area contributed by atoms with Crippen LogP contribution in [0.2, 0.25) is 0 Å². The van der Waals surface area contributed by atoms with Crippen molar-refractivity contribution < 1.29 is 4.79 Å². The van der Waals surface area contributed by atoms with Gasteiger partial charge >= 0.3 is 6.03 Å². The lowest BCUT2D eigenvalue weighted by atomic mass is 10.1. The molecule has 1 aliphatic rings. The summed E-state index contributed by atoms with van der Waals surface area (Å²) in [7, 11) is 0. The third-order valence-corrected chi connectivity index (χ3v) is 2.76. The number of hydrogen-bond donors (Lipinski definition) is 3. The minimum absolute atomic E-state index is 0.163. The maximum absolute atomic E-state index is 11.3. The Morgan fingerprint density at radius 2 is 2.18 bits per heavy atom. The molecule has 90 valence electrons. The van der Waals surface area contributed by atoms with Crippen LogP contribution >= 0.6 is 0 Å². The second-order valence-corrected chi connectivity index (χ2v) is 4.06. The number of urea groups is 1. The van der Waals surface area contributed by atoms with Crippen LogP contribution in [0.1, 0.15) is 16.7 Å². The van der Waals surface area contributed by atoms with Crippen molar-refractivity contribution in [1.29, 1.82) is 0 Å². The zero-order valence-electron chi connectivity index (χ0n) is 9.75. The highest BCUT2D eigenvalue weighted by atomic mass is 16.2. The highest BCUT2D eigenvalue weighted by Gasteiger charge is 2.10. The number of nitrogens with one attached hydrogen (secondary N) is 3. The lowest BCUT2D eigenvalue weighted by Crippen LogP contribution is -2.34. The van der Waals surface area contributed by atoms with E-state index in [1.807, 2.05) is 0 Å². The van der Waals surface area contributed by atoms with E-state index in [4.69, 9.17) is 0 Å². The van der Waals surface area contributed by atoms with Gasteiger partial charge in [-0.1, -0.05) is 24.3 Å². The molecule has 4 nitrogen and oxygen atoms in total. The molecule has 0 atom stereocenters. The Morgan fingerprint density at radius 3 is 3.00 bits per heavy atom. The normalized spacial score (nSPS) is 12.9. The molecular formula is C13H17N3O. The van der Waals surface area contributed by atoms with E-state index < -0.39 is 0 Å². The van der Waals surface area contributed by atoms with Crippen LogP contribution in [-0.2, 0) is 19.6 Å². The quantitative estimate of drug-likeness (QED) is 0.684. The van der Waals surface area contributed by atoms with Crippen molar-refractivity contribution >= 4 is 6.03 Å². The molecule has 1 aromatic rings. The Morgan fingerprint density at radius 1 is 1.35 bits per heavy atom. The maximum Gasteiger partial charge on any atom is 0.315 e. The second-order valence-electron chi connectivity index (χ2n) is 4.06. The van der Waals surface area contributed by atoms with Gasteiger partial charge in [-0.05, 0) is 16.7 Å². The second kappa shape index (κ2) is 5.50. The number of hydrogen-bond acceptors (Lipinski definition) is 2. The largest absolute Gasteiger partial charge is 0.335 e. The summed E-state index contributed by atoms with van der Waals surface area (Å²) in [5, 5.41) is 8.78. The zero-order chi connectivity index (χ0) is 12.1. The molecule has 1 heterocycles. The standard InChI is InChI=1S/C13H17N3O/c1-2-5-15-13(17)16-7-10-3-4-11-8-14-9-12(11)6-10/h2-4,6,14H,1,5,7-9H2,(H2,15,16,17). The predicted molar refractivity (Wildman–Crippen MR) is 67.4 cm³/mol. The molecule has 0 fully saturated rings. The molecule has 0 bridgehead atoms. The number of rotatable bonds is 4. The third kappa shape index (κ3) is 3.07. The highest BCUT2D eigenvalue weighted by Crippen LogP contribution is 2.16. The summed E-state index contributed by atoms with van der Waals surface area (Å²) >= 11 is 0. The van der Waals surface area contributed by atoms with Gasteiger partial charge in [0, 0.05) is 26.2 Å². The molecule has 0 aromatic heterocycles. The van der Waals surface area contributed by atoms with Gasteiger partial charge in [0.2, 0.25) is 0 Å². The summed E-state index contributed by atoms with van der Waals surface area (Å²) < 4.78 is 0. The van der Waals surface area contributed by atoms with E-state index in [1.54, 1.807) is 6.08 Å². The van der Waals surface area contributed by atoms with E-state index in [0.29, 0.717) is 13.1 Å². The van der Waals surface area contributed by atoms with Crippen molar-refractivity contribution in [2.45, 2.75) is 19.6 Å². The van der Waals surface area contributed by atoms with E-state index in [-0.39, 0.29) is 6.03 Å². The minimum Gasteiger partial charge on any atom is -0.335 e. The molecule has 1 aromatic carbocycles. The maximum atomic E-state index is 11.3. The number of amides is 2. The SMILES string of the molecule is C=CCNC(=O)NCc1ccc2c(c1)CNC2. The summed E-state index contributed by atoms with van der Waals surface area (Å²) in [5.74, 6) is 0. The van der Waals surface area contributed by atoms with Crippen LogP contribution in [0.5, 0.6) is 0 Å². The lowest BCUT2D eigenvalue weighted by molar-refractivity contribution is 0.241. The van der Waals surface area contributed by atoms with Gasteiger partial charge in [-0.3, -0.25) is 0 Å². The summed E-state index contributed by atoms with van der Waals surface area (Å²) in [6, 6.07) is 6.15. The van der Waals surface area contributed by atoms with Crippen molar-refractivity contribution in [2.75, 3.05) is 6.54 Å². The van der Waals surface area contributed by atoms with E-state index in [1.165, 1.54) is 11.1 Å². The summed E-state index contributed by atoms with van der Waals surface area (Å²) in [4.78, 5) is 11.3. The van der Waals surface area contributed by atoms with Crippen LogP contribution in [0.15, 0.2) is 30.9 Å². The molecule has 2 rings (SSSR count). The van der Waals surface area contributed by atoms with Crippen molar-refractivity contribution in [3.05, 3.63) is 47.5 Å². The van der Waals surface area contributed by atoms with Gasteiger partial charge in [-0.2, -0.15) is 0 Å². The smallest absolute Gasteiger partial charge is 0.315 e. The van der Waals surface area contributed by atoms with Gasteiger partial charge in [0.1, 0.15) is 0 Å². The van der Waals surface area contributed by atoms with E-state index in [2.05, 4.69) is 40.7 Å². The molecule has 4 heteroatoms. The van der Waals surface area contributed by atoms with Crippen LogP contribution < -0.4 is 16.0 Å². The predicted octanol–water partition coefficient (Wildman–Crippen LogP) is 1.28. The van der Waals surface area contributed by atoms with Gasteiger partial charge in [0.25, 0.3) is 0 Å². The van der Waals surface area contributed by atoms with Crippen molar-refractivity contribution in [3.8, 4) is 0 Å². The number of carbonyl (C=O) groups is 1. The lowest BCUT2D eigenvalue weighted by Gasteiger charge is -2.07. The average molecular weight is 231 g/mol. The monoisotopic (exact) mass is 231 g/mol. The third-order valence-electron chi connectivity index (χ3n) is 2.76. The number of fused-ring (bicyclic) bond motifs is 1. The Hall–Kier alpha value is -1.81. The summed E-state index contributed by atoms with van der Waals surface area (Å²) in [5.41, 5.74) is 3.81. The first-order valence-electron chi connectivity index (χ1n) is 5.73.